The minimum atomic E-state index is -0.558. The maximum atomic E-state index is 12.9. The van der Waals surface area contributed by atoms with E-state index in [0.29, 0.717) is 42.4 Å². The maximum absolute atomic E-state index is 12.9. The number of alkyl carbamates (subject to hydrolysis) is 1. The second kappa shape index (κ2) is 17.3. The highest BCUT2D eigenvalue weighted by Crippen LogP contribution is 2.37. The molecule has 2 aliphatic rings. The Morgan fingerprint density at radius 3 is 2.58 bits per heavy atom. The SMILES string of the molecule is COC(=O)NCCOC[C@@H]1CCCN(C(=S)N[C@@H](CC2CCCCC2)CN(C)C(=O)OC(C)(C)C)C1c1cccc(Cl)c1. The number of benzene rings is 1. The Labute approximate surface area is 268 Å². The zero-order valence-corrected chi connectivity index (χ0v) is 28.1. The van der Waals surface area contributed by atoms with Crippen LogP contribution in [0.2, 0.25) is 5.02 Å². The van der Waals surface area contributed by atoms with Gasteiger partial charge in [0.1, 0.15) is 5.60 Å². The lowest BCUT2D eigenvalue weighted by molar-refractivity contribution is 0.0277. The number of carbonyl (C=O) groups is 2. The van der Waals surface area contributed by atoms with Gasteiger partial charge in [-0.05, 0) is 75.9 Å². The summed E-state index contributed by atoms with van der Waals surface area (Å²) in [5.74, 6) is 0.775. The number of thiocarbonyl (C=S) groups is 1. The van der Waals surface area contributed by atoms with Gasteiger partial charge in [0, 0.05) is 43.7 Å². The molecule has 1 aromatic carbocycles. The van der Waals surface area contributed by atoms with Crippen LogP contribution in [0.15, 0.2) is 24.3 Å². The number of halogens is 1. The van der Waals surface area contributed by atoms with Crippen LogP contribution in [-0.4, -0.2) is 85.7 Å². The number of carbonyl (C=O) groups excluding carboxylic acids is 2. The lowest BCUT2D eigenvalue weighted by Gasteiger charge is -2.44. The molecule has 2 fully saturated rings. The van der Waals surface area contributed by atoms with Crippen molar-refractivity contribution in [1.82, 2.24) is 20.4 Å². The fourth-order valence-corrected chi connectivity index (χ4v) is 6.73. The maximum Gasteiger partial charge on any atom is 0.410 e. The molecular weight excluding hydrogens is 588 g/mol. The van der Waals surface area contributed by atoms with E-state index in [9.17, 15) is 9.59 Å². The Hall–Kier alpha value is -2.30. The molecular formula is C32H51ClN4O5S. The molecule has 43 heavy (non-hydrogen) atoms. The van der Waals surface area contributed by atoms with Crippen molar-refractivity contribution in [2.24, 2.45) is 11.8 Å². The monoisotopic (exact) mass is 638 g/mol. The molecule has 0 bridgehead atoms. The van der Waals surface area contributed by atoms with Crippen molar-refractivity contribution in [3.8, 4) is 0 Å². The smallest absolute Gasteiger partial charge is 0.410 e. The van der Waals surface area contributed by atoms with Crippen LogP contribution in [0.5, 0.6) is 0 Å². The van der Waals surface area contributed by atoms with Crippen LogP contribution in [0, 0.1) is 11.8 Å². The first-order valence-corrected chi connectivity index (χ1v) is 16.4. The van der Waals surface area contributed by atoms with Gasteiger partial charge in [-0.15, -0.1) is 0 Å². The summed E-state index contributed by atoms with van der Waals surface area (Å²) in [6.45, 7) is 8.24. The zero-order valence-electron chi connectivity index (χ0n) is 26.5. The molecule has 1 saturated heterocycles. The molecule has 3 rings (SSSR count). The van der Waals surface area contributed by atoms with Crippen molar-refractivity contribution in [3.63, 3.8) is 0 Å². The van der Waals surface area contributed by atoms with E-state index in [2.05, 4.69) is 26.3 Å². The summed E-state index contributed by atoms with van der Waals surface area (Å²) in [6.07, 6.45) is 8.31. The van der Waals surface area contributed by atoms with E-state index in [1.165, 1.54) is 39.2 Å². The highest BCUT2D eigenvalue weighted by molar-refractivity contribution is 7.80. The number of hydrogen-bond donors (Lipinski definition) is 2. The van der Waals surface area contributed by atoms with Gasteiger partial charge in [-0.3, -0.25) is 0 Å². The normalized spacial score (nSPS) is 20.2. The van der Waals surface area contributed by atoms with Gasteiger partial charge in [0.15, 0.2) is 5.11 Å². The fourth-order valence-electron chi connectivity index (χ4n) is 6.16. The van der Waals surface area contributed by atoms with Crippen LogP contribution in [0.4, 0.5) is 9.59 Å². The van der Waals surface area contributed by atoms with E-state index in [1.54, 1.807) is 11.9 Å². The predicted octanol–water partition coefficient (Wildman–Crippen LogP) is 6.55. The highest BCUT2D eigenvalue weighted by Gasteiger charge is 2.35. The first-order chi connectivity index (χ1) is 20.5. The molecule has 1 aliphatic heterocycles. The lowest BCUT2D eigenvalue weighted by Crippen LogP contribution is -2.53. The number of methoxy groups -OCH3 is 1. The summed E-state index contributed by atoms with van der Waals surface area (Å²) in [6, 6.07) is 7.93. The Morgan fingerprint density at radius 2 is 1.91 bits per heavy atom. The number of likely N-dealkylation sites (N-methyl/N-ethyl adjacent to an activating group) is 1. The molecule has 1 aromatic rings. The molecule has 11 heteroatoms. The van der Waals surface area contributed by atoms with Gasteiger partial charge in [-0.25, -0.2) is 9.59 Å². The Kier molecular flexibility index (Phi) is 14.1. The molecule has 1 unspecified atom stereocenters. The Balaban J connectivity index is 1.75. The molecule has 2 amide bonds. The van der Waals surface area contributed by atoms with Gasteiger partial charge in [-0.1, -0.05) is 55.8 Å². The number of amides is 2. The molecule has 2 N–H and O–H groups in total. The van der Waals surface area contributed by atoms with Crippen LogP contribution in [0.3, 0.4) is 0 Å². The quantitative estimate of drug-likeness (QED) is 0.208. The van der Waals surface area contributed by atoms with Crippen LogP contribution in [0.1, 0.15) is 83.7 Å². The topological polar surface area (TPSA) is 92.4 Å². The molecule has 9 nitrogen and oxygen atoms in total. The predicted molar refractivity (Wildman–Crippen MR) is 174 cm³/mol. The third-order valence-corrected chi connectivity index (χ3v) is 8.70. The van der Waals surface area contributed by atoms with Crippen molar-refractivity contribution in [3.05, 3.63) is 34.9 Å². The van der Waals surface area contributed by atoms with Crippen molar-refractivity contribution < 1.29 is 23.8 Å². The number of likely N-dealkylation sites (tertiary alicyclic amines) is 1. The summed E-state index contributed by atoms with van der Waals surface area (Å²) in [4.78, 5) is 28.2. The first kappa shape index (κ1) is 35.2. The molecule has 1 saturated carbocycles. The molecule has 242 valence electrons. The summed E-state index contributed by atoms with van der Waals surface area (Å²) < 4.78 is 16.3. The standard InChI is InChI=1S/C32H51ClN4O5S/c1-32(2,3)42-31(39)36(4)21-27(19-23-11-7-6-8-12-23)35-29(43)37-17-10-14-25(22-41-18-16-34-30(38)40-5)28(37)24-13-9-15-26(33)20-24/h9,13,15,20,23,25,27-28H,6-8,10-12,14,16-19,21-22H2,1-5H3,(H,34,38)(H,35,43)/t25-,27-,28?/m0/s1. The molecule has 3 atom stereocenters. The number of rotatable bonds is 11. The van der Waals surface area contributed by atoms with Crippen molar-refractivity contribution in [2.45, 2.75) is 89.8 Å². The molecule has 1 aliphatic carbocycles. The van der Waals surface area contributed by atoms with E-state index in [-0.39, 0.29) is 24.1 Å². The minimum Gasteiger partial charge on any atom is -0.453 e. The lowest BCUT2D eigenvalue weighted by atomic mass is 9.84. The van der Waals surface area contributed by atoms with E-state index in [1.807, 2.05) is 39.0 Å². The number of nitrogens with zero attached hydrogens (tertiary/aromatic N) is 2. The summed E-state index contributed by atoms with van der Waals surface area (Å²) in [5, 5.41) is 7.70. The molecule has 1 heterocycles. The van der Waals surface area contributed by atoms with Gasteiger partial charge in [0.25, 0.3) is 0 Å². The fraction of sp³-hybridized carbons (Fsp3) is 0.719. The second-order valence-corrected chi connectivity index (χ2v) is 13.7. The van der Waals surface area contributed by atoms with Gasteiger partial charge in [-0.2, -0.15) is 0 Å². The molecule has 0 spiro atoms. The van der Waals surface area contributed by atoms with Crippen LogP contribution in [0.25, 0.3) is 0 Å². The Bertz CT molecular complexity index is 1050. The summed E-state index contributed by atoms with van der Waals surface area (Å²) in [5.41, 5.74) is 0.532. The van der Waals surface area contributed by atoms with Crippen molar-refractivity contribution in [2.75, 3.05) is 47.0 Å². The van der Waals surface area contributed by atoms with Gasteiger partial charge < -0.3 is 34.6 Å². The second-order valence-electron chi connectivity index (χ2n) is 12.8. The van der Waals surface area contributed by atoms with Crippen molar-refractivity contribution >= 4 is 41.1 Å². The van der Waals surface area contributed by atoms with E-state index in [0.717, 1.165) is 31.4 Å². The number of nitrogens with one attached hydrogen (secondary N) is 2. The van der Waals surface area contributed by atoms with E-state index < -0.39 is 11.7 Å². The minimum absolute atomic E-state index is 0.00541. The zero-order chi connectivity index (χ0) is 31.4. The molecule has 0 radical (unpaired) electrons. The summed E-state index contributed by atoms with van der Waals surface area (Å²) in [7, 11) is 3.14. The van der Waals surface area contributed by atoms with Crippen LogP contribution >= 0.6 is 23.8 Å². The van der Waals surface area contributed by atoms with Crippen molar-refractivity contribution in [1.29, 1.82) is 0 Å². The van der Waals surface area contributed by atoms with E-state index in [4.69, 9.17) is 33.3 Å². The first-order valence-electron chi connectivity index (χ1n) is 15.6. The van der Waals surface area contributed by atoms with Crippen LogP contribution < -0.4 is 10.6 Å². The molecule has 0 aromatic heterocycles. The average molecular weight is 639 g/mol. The van der Waals surface area contributed by atoms with E-state index >= 15 is 0 Å². The van der Waals surface area contributed by atoms with Gasteiger partial charge >= 0.3 is 12.2 Å². The third kappa shape index (κ3) is 12.0. The third-order valence-electron chi connectivity index (χ3n) is 8.11. The van der Waals surface area contributed by atoms with Crippen LogP contribution in [-0.2, 0) is 14.2 Å². The van der Waals surface area contributed by atoms with Gasteiger partial charge in [0.05, 0.1) is 26.4 Å². The average Bonchev–Trinajstić information content (AvgIpc) is 2.96. The van der Waals surface area contributed by atoms with Gasteiger partial charge in [0.2, 0.25) is 0 Å². The number of piperidine rings is 1. The number of hydrogen-bond acceptors (Lipinski definition) is 6. The Morgan fingerprint density at radius 1 is 1.16 bits per heavy atom. The largest absolute Gasteiger partial charge is 0.453 e. The summed E-state index contributed by atoms with van der Waals surface area (Å²) >= 11 is 12.6. The number of ether oxygens (including phenoxy) is 3. The highest BCUT2D eigenvalue weighted by atomic mass is 35.5.